The molecule has 2 heterocycles. The number of aryl methyl sites for hydroxylation is 1. The molecule has 0 atom stereocenters. The predicted molar refractivity (Wildman–Crippen MR) is 94.0 cm³/mol. The molecule has 0 unspecified atom stereocenters. The minimum Gasteiger partial charge on any atom is -0.378 e. The van der Waals surface area contributed by atoms with E-state index in [1.165, 1.54) is 0 Å². The predicted octanol–water partition coefficient (Wildman–Crippen LogP) is 1.33. The van der Waals surface area contributed by atoms with Crippen molar-refractivity contribution in [2.24, 2.45) is 0 Å². The molecule has 0 spiro atoms. The molecule has 1 aliphatic rings. The SMILES string of the molecule is Cc1nc(N2CCOCC2)sc1C(=O)NNS(=O)(=O)c1ccc(F)c(F)c1F. The number of morpholine rings is 1. The Morgan fingerprint density at radius 2 is 1.89 bits per heavy atom. The van der Waals surface area contributed by atoms with Gasteiger partial charge >= 0.3 is 0 Å². The largest absolute Gasteiger partial charge is 0.378 e. The zero-order valence-corrected chi connectivity index (χ0v) is 16.1. The minimum atomic E-state index is -4.67. The average molecular weight is 436 g/mol. The highest BCUT2D eigenvalue weighted by Crippen LogP contribution is 2.26. The van der Waals surface area contributed by atoms with E-state index in [0.717, 1.165) is 11.3 Å². The molecule has 1 aliphatic heterocycles. The van der Waals surface area contributed by atoms with Crippen LogP contribution in [0.15, 0.2) is 17.0 Å². The van der Waals surface area contributed by atoms with E-state index in [4.69, 9.17) is 4.74 Å². The van der Waals surface area contributed by atoms with Gasteiger partial charge in [-0.05, 0) is 19.1 Å². The number of nitrogens with one attached hydrogen (secondary N) is 2. The summed E-state index contributed by atoms with van der Waals surface area (Å²) in [6.07, 6.45) is 0. The second-order valence-corrected chi connectivity index (χ2v) is 8.37. The molecule has 152 valence electrons. The number of hydrazine groups is 1. The number of amides is 1. The Bertz CT molecular complexity index is 1010. The van der Waals surface area contributed by atoms with Crippen LogP contribution in [-0.2, 0) is 14.8 Å². The third-order valence-electron chi connectivity index (χ3n) is 3.86. The van der Waals surface area contributed by atoms with Crippen molar-refractivity contribution in [1.29, 1.82) is 0 Å². The summed E-state index contributed by atoms with van der Waals surface area (Å²) >= 11 is 1.06. The molecule has 2 aromatic rings. The normalized spacial score (nSPS) is 14.9. The summed E-state index contributed by atoms with van der Waals surface area (Å²) in [5.41, 5.74) is 2.30. The first-order valence-electron chi connectivity index (χ1n) is 7.96. The molecule has 1 aromatic heterocycles. The second-order valence-electron chi connectivity index (χ2n) is 5.74. The Labute approximate surface area is 162 Å². The van der Waals surface area contributed by atoms with Gasteiger partial charge in [0, 0.05) is 13.1 Å². The number of thiazole rings is 1. The molecule has 1 fully saturated rings. The van der Waals surface area contributed by atoms with Gasteiger partial charge in [0.1, 0.15) is 9.77 Å². The Morgan fingerprint density at radius 3 is 2.57 bits per heavy atom. The lowest BCUT2D eigenvalue weighted by Gasteiger charge is -2.25. The maximum Gasteiger partial charge on any atom is 0.278 e. The number of benzene rings is 1. The van der Waals surface area contributed by atoms with Crippen molar-refractivity contribution < 1.29 is 31.1 Å². The van der Waals surface area contributed by atoms with E-state index in [9.17, 15) is 26.4 Å². The number of carbonyl (C=O) groups excluding carboxylic acids is 1. The number of ether oxygens (including phenoxy) is 1. The van der Waals surface area contributed by atoms with Crippen molar-refractivity contribution in [3.05, 3.63) is 40.2 Å². The molecule has 2 N–H and O–H groups in total. The van der Waals surface area contributed by atoms with Gasteiger partial charge in [0.15, 0.2) is 22.6 Å². The first-order valence-corrected chi connectivity index (χ1v) is 10.3. The Balaban J connectivity index is 1.73. The Kier molecular flexibility index (Phi) is 5.88. The van der Waals surface area contributed by atoms with Crippen LogP contribution >= 0.6 is 11.3 Å². The van der Waals surface area contributed by atoms with Crippen molar-refractivity contribution in [2.45, 2.75) is 11.8 Å². The van der Waals surface area contributed by atoms with Crippen LogP contribution in [0.1, 0.15) is 15.4 Å². The quantitative estimate of drug-likeness (QED) is 0.542. The number of carbonyl (C=O) groups is 1. The maximum absolute atomic E-state index is 13.7. The fourth-order valence-corrected chi connectivity index (χ4v) is 4.35. The molecule has 3 rings (SSSR count). The Morgan fingerprint density at radius 1 is 1.21 bits per heavy atom. The number of rotatable bonds is 5. The van der Waals surface area contributed by atoms with Crippen molar-refractivity contribution in [2.75, 3.05) is 31.2 Å². The highest BCUT2D eigenvalue weighted by atomic mass is 32.2. The van der Waals surface area contributed by atoms with Crippen LogP contribution in [0.3, 0.4) is 0 Å². The van der Waals surface area contributed by atoms with E-state index >= 15 is 0 Å². The van der Waals surface area contributed by atoms with Gasteiger partial charge in [-0.3, -0.25) is 10.2 Å². The van der Waals surface area contributed by atoms with Gasteiger partial charge in [-0.25, -0.2) is 26.6 Å². The number of anilines is 1. The molecular formula is C15H15F3N4O4S2. The summed E-state index contributed by atoms with van der Waals surface area (Å²) in [6.45, 7) is 3.85. The molecule has 13 heteroatoms. The summed E-state index contributed by atoms with van der Waals surface area (Å²) < 4.78 is 69.4. The number of sulfonamides is 1. The molecule has 0 bridgehead atoms. The fourth-order valence-electron chi connectivity index (χ4n) is 2.42. The molecule has 1 amide bonds. The van der Waals surface area contributed by atoms with Crippen LogP contribution < -0.4 is 15.2 Å². The van der Waals surface area contributed by atoms with Crippen molar-refractivity contribution in [3.63, 3.8) is 0 Å². The summed E-state index contributed by atoms with van der Waals surface area (Å²) in [7, 11) is -4.67. The molecule has 28 heavy (non-hydrogen) atoms. The molecule has 0 aliphatic carbocycles. The van der Waals surface area contributed by atoms with Gasteiger partial charge in [-0.1, -0.05) is 11.3 Å². The molecule has 1 saturated heterocycles. The maximum atomic E-state index is 13.7. The summed E-state index contributed by atoms with van der Waals surface area (Å²) in [5, 5.41) is 0.584. The van der Waals surface area contributed by atoms with Crippen LogP contribution in [0.2, 0.25) is 0 Å². The van der Waals surface area contributed by atoms with Gasteiger partial charge < -0.3 is 9.64 Å². The summed E-state index contributed by atoms with van der Waals surface area (Å²) in [4.78, 5) is 19.2. The van der Waals surface area contributed by atoms with E-state index < -0.39 is 38.3 Å². The molecule has 0 radical (unpaired) electrons. The van der Waals surface area contributed by atoms with Gasteiger partial charge in [-0.15, -0.1) is 4.83 Å². The zero-order chi connectivity index (χ0) is 20.5. The van der Waals surface area contributed by atoms with Gasteiger partial charge in [0.2, 0.25) is 0 Å². The molecule has 1 aromatic carbocycles. The third-order valence-corrected chi connectivity index (χ3v) is 6.34. The zero-order valence-electron chi connectivity index (χ0n) is 14.5. The van der Waals surface area contributed by atoms with E-state index in [0.29, 0.717) is 49.3 Å². The van der Waals surface area contributed by atoms with E-state index in [2.05, 4.69) is 4.98 Å². The number of hydrogen-bond donors (Lipinski definition) is 2. The van der Waals surface area contributed by atoms with Crippen molar-refractivity contribution >= 4 is 32.4 Å². The van der Waals surface area contributed by atoms with Crippen LogP contribution in [0.25, 0.3) is 0 Å². The van der Waals surface area contributed by atoms with Crippen LogP contribution in [-0.4, -0.2) is 45.6 Å². The minimum absolute atomic E-state index is 0.148. The van der Waals surface area contributed by atoms with Crippen LogP contribution in [0.5, 0.6) is 0 Å². The topological polar surface area (TPSA) is 101 Å². The summed E-state index contributed by atoms with van der Waals surface area (Å²) in [5.74, 6) is -6.16. The van der Waals surface area contributed by atoms with Gasteiger partial charge in [0.25, 0.3) is 15.9 Å². The molecule has 8 nitrogen and oxygen atoms in total. The Hall–Kier alpha value is -2.22. The van der Waals surface area contributed by atoms with E-state index in [-0.39, 0.29) is 4.88 Å². The first kappa shape index (κ1) is 20.5. The van der Waals surface area contributed by atoms with Gasteiger partial charge in [0.05, 0.1) is 18.9 Å². The van der Waals surface area contributed by atoms with E-state index in [1.54, 1.807) is 11.8 Å². The highest BCUT2D eigenvalue weighted by molar-refractivity contribution is 7.89. The fraction of sp³-hybridized carbons (Fsp3) is 0.333. The van der Waals surface area contributed by atoms with Crippen LogP contribution in [0.4, 0.5) is 18.3 Å². The number of nitrogens with zero attached hydrogens (tertiary/aromatic N) is 2. The number of halogens is 3. The monoisotopic (exact) mass is 436 g/mol. The van der Waals surface area contributed by atoms with Crippen molar-refractivity contribution in [3.8, 4) is 0 Å². The lowest BCUT2D eigenvalue weighted by atomic mass is 10.3. The lowest BCUT2D eigenvalue weighted by Crippen LogP contribution is -2.41. The average Bonchev–Trinajstić information content (AvgIpc) is 3.06. The van der Waals surface area contributed by atoms with E-state index in [1.807, 2.05) is 10.3 Å². The molecule has 0 saturated carbocycles. The molecular weight excluding hydrogens is 421 g/mol. The van der Waals surface area contributed by atoms with Crippen LogP contribution in [0, 0.1) is 24.4 Å². The smallest absolute Gasteiger partial charge is 0.278 e. The van der Waals surface area contributed by atoms with Crippen molar-refractivity contribution in [1.82, 2.24) is 15.2 Å². The summed E-state index contributed by atoms with van der Waals surface area (Å²) in [6, 6.07) is 1.02. The lowest BCUT2D eigenvalue weighted by molar-refractivity contribution is 0.0948. The van der Waals surface area contributed by atoms with Gasteiger partial charge in [-0.2, -0.15) is 0 Å². The number of hydrogen-bond acceptors (Lipinski definition) is 7. The number of aromatic nitrogens is 1. The highest BCUT2D eigenvalue weighted by Gasteiger charge is 2.26. The first-order chi connectivity index (χ1) is 13.2. The standard InChI is InChI=1S/C15H15F3N4O4S2/c1-8-13(27-15(19-8)22-4-6-26-7-5-22)14(23)20-21-28(24,25)10-3-2-9(16)11(17)12(10)18/h2-3,21H,4-7H2,1H3,(H,20,23). The third kappa shape index (κ3) is 4.11. The second kappa shape index (κ2) is 8.03.